The van der Waals surface area contributed by atoms with Crippen LogP contribution in [0.25, 0.3) is 10.9 Å². The van der Waals surface area contributed by atoms with Crippen LogP contribution in [0.5, 0.6) is 5.75 Å². The fraction of sp³-hybridized carbons (Fsp3) is 0.158. The Morgan fingerprint density at radius 3 is 2.56 bits per heavy atom. The zero-order chi connectivity index (χ0) is 18.0. The van der Waals surface area contributed by atoms with Crippen LogP contribution in [0.2, 0.25) is 0 Å². The molecule has 0 amide bonds. The van der Waals surface area contributed by atoms with Gasteiger partial charge >= 0.3 is 5.97 Å². The summed E-state index contributed by atoms with van der Waals surface area (Å²) >= 11 is 0. The van der Waals surface area contributed by atoms with Gasteiger partial charge in [0.2, 0.25) is 0 Å². The fourth-order valence-electron chi connectivity index (χ4n) is 2.75. The van der Waals surface area contributed by atoms with Crippen LogP contribution in [0.15, 0.2) is 53.3 Å². The average Bonchev–Trinajstić information content (AvgIpc) is 2.59. The standard InChI is InChI=1S/C19H16FNO4/c1-2-25-19(24)16-17(22)15-13(20)9-6-10-14(15)21(18(16)23)11-12-7-4-3-5-8-12/h3-10,22H,2,11H2,1H3. The van der Waals surface area contributed by atoms with Crippen molar-refractivity contribution in [3.63, 3.8) is 0 Å². The van der Waals surface area contributed by atoms with E-state index in [0.717, 1.165) is 11.6 Å². The Labute approximate surface area is 142 Å². The minimum absolute atomic E-state index is 0.0334. The molecule has 0 saturated heterocycles. The van der Waals surface area contributed by atoms with E-state index >= 15 is 0 Å². The first-order chi connectivity index (χ1) is 12.0. The molecule has 6 heteroatoms. The molecule has 3 rings (SSSR count). The minimum Gasteiger partial charge on any atom is -0.506 e. The first-order valence-corrected chi connectivity index (χ1v) is 7.79. The number of halogens is 1. The number of benzene rings is 2. The van der Waals surface area contributed by atoms with Gasteiger partial charge < -0.3 is 14.4 Å². The molecule has 0 bridgehead atoms. The molecule has 2 aromatic carbocycles. The van der Waals surface area contributed by atoms with Gasteiger partial charge in [0.25, 0.3) is 5.56 Å². The SMILES string of the molecule is CCOC(=O)c1c(O)c2c(F)cccc2n(Cc2ccccc2)c1=O. The fourth-order valence-corrected chi connectivity index (χ4v) is 2.75. The van der Waals surface area contributed by atoms with Crippen LogP contribution < -0.4 is 5.56 Å². The topological polar surface area (TPSA) is 68.5 Å². The van der Waals surface area contributed by atoms with Crippen LogP contribution in [0.1, 0.15) is 22.8 Å². The number of carbonyl (C=O) groups excluding carboxylic acids is 1. The van der Waals surface area contributed by atoms with Gasteiger partial charge in [-0.2, -0.15) is 0 Å². The molecule has 1 N–H and O–H groups in total. The van der Waals surface area contributed by atoms with Crippen molar-refractivity contribution in [2.45, 2.75) is 13.5 Å². The molecule has 0 radical (unpaired) electrons. The average molecular weight is 341 g/mol. The highest BCUT2D eigenvalue weighted by Crippen LogP contribution is 2.29. The number of aromatic hydroxyl groups is 1. The number of ether oxygens (including phenoxy) is 1. The predicted molar refractivity (Wildman–Crippen MR) is 91.3 cm³/mol. The third-order valence-corrected chi connectivity index (χ3v) is 3.88. The van der Waals surface area contributed by atoms with Crippen LogP contribution in [0, 0.1) is 5.82 Å². The summed E-state index contributed by atoms with van der Waals surface area (Å²) in [7, 11) is 0. The maximum absolute atomic E-state index is 14.3. The van der Waals surface area contributed by atoms with E-state index in [1.54, 1.807) is 6.92 Å². The van der Waals surface area contributed by atoms with Gasteiger partial charge in [-0.05, 0) is 24.6 Å². The number of fused-ring (bicyclic) bond motifs is 1. The van der Waals surface area contributed by atoms with E-state index in [0.29, 0.717) is 0 Å². The first kappa shape index (κ1) is 16.7. The molecule has 0 unspecified atom stereocenters. The Hall–Kier alpha value is -3.15. The molecule has 0 fully saturated rings. The molecule has 128 valence electrons. The molecule has 25 heavy (non-hydrogen) atoms. The summed E-state index contributed by atoms with van der Waals surface area (Å²) < 4.78 is 20.4. The van der Waals surface area contributed by atoms with Crippen LogP contribution in [-0.4, -0.2) is 22.2 Å². The van der Waals surface area contributed by atoms with E-state index in [4.69, 9.17) is 4.74 Å². The van der Waals surface area contributed by atoms with Gasteiger partial charge in [0, 0.05) is 0 Å². The number of aromatic nitrogens is 1. The van der Waals surface area contributed by atoms with Crippen molar-refractivity contribution in [3.05, 3.63) is 75.8 Å². The highest BCUT2D eigenvalue weighted by molar-refractivity contribution is 5.99. The summed E-state index contributed by atoms with van der Waals surface area (Å²) in [5.74, 6) is -2.39. The van der Waals surface area contributed by atoms with Gasteiger partial charge in [0.05, 0.1) is 24.1 Å². The molecule has 0 aliphatic carbocycles. The zero-order valence-electron chi connectivity index (χ0n) is 13.5. The van der Waals surface area contributed by atoms with E-state index in [-0.39, 0.29) is 24.1 Å². The lowest BCUT2D eigenvalue weighted by atomic mass is 10.1. The lowest BCUT2D eigenvalue weighted by Crippen LogP contribution is -2.28. The zero-order valence-corrected chi connectivity index (χ0v) is 13.5. The second kappa shape index (κ2) is 6.76. The third-order valence-electron chi connectivity index (χ3n) is 3.88. The lowest BCUT2D eigenvalue weighted by Gasteiger charge is -2.15. The first-order valence-electron chi connectivity index (χ1n) is 7.79. The summed E-state index contributed by atoms with van der Waals surface area (Å²) in [6, 6.07) is 13.2. The van der Waals surface area contributed by atoms with Gasteiger partial charge in [-0.15, -0.1) is 0 Å². The Kier molecular flexibility index (Phi) is 4.52. The number of carbonyl (C=O) groups is 1. The molecule has 3 aromatic rings. The Morgan fingerprint density at radius 2 is 1.88 bits per heavy atom. The number of hydrogen-bond donors (Lipinski definition) is 1. The second-order valence-electron chi connectivity index (χ2n) is 5.45. The van der Waals surface area contributed by atoms with E-state index in [9.17, 15) is 19.1 Å². The van der Waals surface area contributed by atoms with Crippen LogP contribution in [-0.2, 0) is 11.3 Å². The van der Waals surface area contributed by atoms with Crippen molar-refractivity contribution in [2.24, 2.45) is 0 Å². The van der Waals surface area contributed by atoms with Crippen LogP contribution >= 0.6 is 0 Å². The maximum atomic E-state index is 14.3. The van der Waals surface area contributed by atoms with Gasteiger partial charge in [0.15, 0.2) is 5.56 Å². The number of esters is 1. The molecule has 5 nitrogen and oxygen atoms in total. The summed E-state index contributed by atoms with van der Waals surface area (Å²) in [6.07, 6.45) is 0. The van der Waals surface area contributed by atoms with E-state index in [1.165, 1.54) is 16.7 Å². The van der Waals surface area contributed by atoms with Crippen molar-refractivity contribution in [1.82, 2.24) is 4.57 Å². The van der Waals surface area contributed by atoms with Gasteiger partial charge in [-0.1, -0.05) is 36.4 Å². The number of rotatable bonds is 4. The van der Waals surface area contributed by atoms with Crippen LogP contribution in [0.3, 0.4) is 0 Å². The molecule has 0 spiro atoms. The molecule has 0 saturated carbocycles. The molecule has 0 atom stereocenters. The summed E-state index contributed by atoms with van der Waals surface area (Å²) in [5, 5.41) is 10.2. The van der Waals surface area contributed by atoms with Crippen molar-refractivity contribution < 1.29 is 19.0 Å². The smallest absolute Gasteiger partial charge is 0.347 e. The monoisotopic (exact) mass is 341 g/mol. The molecule has 1 heterocycles. The quantitative estimate of drug-likeness (QED) is 0.741. The Morgan fingerprint density at radius 1 is 1.16 bits per heavy atom. The van der Waals surface area contributed by atoms with E-state index < -0.39 is 28.7 Å². The van der Waals surface area contributed by atoms with Crippen molar-refractivity contribution >= 4 is 16.9 Å². The normalized spacial score (nSPS) is 10.8. The number of pyridine rings is 1. The highest BCUT2D eigenvalue weighted by atomic mass is 19.1. The molecule has 0 aliphatic heterocycles. The second-order valence-corrected chi connectivity index (χ2v) is 5.45. The summed E-state index contributed by atoms with van der Waals surface area (Å²) in [5.41, 5.74) is -0.275. The summed E-state index contributed by atoms with van der Waals surface area (Å²) in [4.78, 5) is 24.9. The van der Waals surface area contributed by atoms with Crippen molar-refractivity contribution in [1.29, 1.82) is 0 Å². The highest BCUT2D eigenvalue weighted by Gasteiger charge is 2.25. The number of hydrogen-bond acceptors (Lipinski definition) is 4. The van der Waals surface area contributed by atoms with E-state index in [1.807, 2.05) is 30.3 Å². The van der Waals surface area contributed by atoms with Gasteiger partial charge in [-0.3, -0.25) is 4.79 Å². The van der Waals surface area contributed by atoms with Gasteiger partial charge in [0.1, 0.15) is 11.6 Å². The van der Waals surface area contributed by atoms with Crippen LogP contribution in [0.4, 0.5) is 4.39 Å². The Balaban J connectivity index is 2.33. The molecule has 1 aromatic heterocycles. The summed E-state index contributed by atoms with van der Waals surface area (Å²) in [6.45, 7) is 1.75. The third kappa shape index (κ3) is 2.98. The minimum atomic E-state index is -0.975. The Bertz CT molecular complexity index is 996. The largest absolute Gasteiger partial charge is 0.506 e. The molecule has 0 aliphatic rings. The van der Waals surface area contributed by atoms with Crippen molar-refractivity contribution in [3.8, 4) is 5.75 Å². The maximum Gasteiger partial charge on any atom is 0.347 e. The molecular formula is C19H16FNO4. The van der Waals surface area contributed by atoms with E-state index in [2.05, 4.69) is 0 Å². The van der Waals surface area contributed by atoms with Crippen molar-refractivity contribution in [2.75, 3.05) is 6.61 Å². The molecular weight excluding hydrogens is 325 g/mol. The predicted octanol–water partition coefficient (Wildman–Crippen LogP) is 3.07. The lowest BCUT2D eigenvalue weighted by molar-refractivity contribution is 0.0520. The number of nitrogens with zero attached hydrogens (tertiary/aromatic N) is 1. The van der Waals surface area contributed by atoms with Gasteiger partial charge in [-0.25, -0.2) is 9.18 Å².